The number of carbonyl (C=O) groups excluding carboxylic acids is 1. The molecule has 1 N–H and O–H groups in total. The summed E-state index contributed by atoms with van der Waals surface area (Å²) in [5, 5.41) is 34.1. The highest BCUT2D eigenvalue weighted by molar-refractivity contribution is 6.09. The molecule has 2 aromatic carbocycles. The van der Waals surface area contributed by atoms with Gasteiger partial charge < -0.3 is 9.73 Å². The zero-order chi connectivity index (χ0) is 22.5. The molecular weight excluding hydrogens is 404 g/mol. The Balaban J connectivity index is 1.90. The molecule has 10 nitrogen and oxygen atoms in total. The SMILES string of the molecule is Cc1cccc(NC(=O)/C(C#N)=C\c2ccc(-c3ccc([N+](=O)[O-])cc3[N+](=O)[O-])o2)c1. The number of rotatable bonds is 6. The van der Waals surface area contributed by atoms with Crippen molar-refractivity contribution >= 4 is 29.0 Å². The van der Waals surface area contributed by atoms with Crippen LogP contribution in [-0.4, -0.2) is 15.8 Å². The van der Waals surface area contributed by atoms with E-state index in [9.17, 15) is 30.3 Å². The summed E-state index contributed by atoms with van der Waals surface area (Å²) in [7, 11) is 0. The molecular formula is C21H14N4O6. The van der Waals surface area contributed by atoms with Gasteiger partial charge >= 0.3 is 0 Å². The van der Waals surface area contributed by atoms with E-state index in [4.69, 9.17) is 4.42 Å². The topological polar surface area (TPSA) is 152 Å². The lowest BCUT2D eigenvalue weighted by molar-refractivity contribution is -0.393. The van der Waals surface area contributed by atoms with Crippen LogP contribution in [-0.2, 0) is 4.79 Å². The Kier molecular flexibility index (Phi) is 5.88. The number of carbonyl (C=O) groups is 1. The molecule has 0 aliphatic carbocycles. The number of hydrogen-bond donors (Lipinski definition) is 1. The number of anilines is 1. The Hall–Kier alpha value is -4.78. The van der Waals surface area contributed by atoms with Crippen LogP contribution < -0.4 is 5.32 Å². The van der Waals surface area contributed by atoms with Crippen LogP contribution in [0.15, 0.2) is 64.6 Å². The summed E-state index contributed by atoms with van der Waals surface area (Å²) in [5.74, 6) is -0.477. The van der Waals surface area contributed by atoms with E-state index in [1.807, 2.05) is 13.0 Å². The van der Waals surface area contributed by atoms with Crippen LogP contribution in [0.25, 0.3) is 17.4 Å². The number of non-ortho nitro benzene ring substituents is 1. The number of amides is 1. The number of nitrogens with zero attached hydrogens (tertiary/aromatic N) is 3. The van der Waals surface area contributed by atoms with Gasteiger partial charge in [-0.25, -0.2) is 0 Å². The van der Waals surface area contributed by atoms with Crippen LogP contribution in [0.3, 0.4) is 0 Å². The van der Waals surface area contributed by atoms with E-state index in [0.29, 0.717) is 5.69 Å². The second-order valence-electron chi connectivity index (χ2n) is 6.41. The van der Waals surface area contributed by atoms with Crippen molar-refractivity contribution < 1.29 is 19.1 Å². The smallest absolute Gasteiger partial charge is 0.287 e. The Bertz CT molecular complexity index is 1270. The summed E-state index contributed by atoms with van der Waals surface area (Å²) in [4.78, 5) is 33.1. The summed E-state index contributed by atoms with van der Waals surface area (Å²) in [5.41, 5.74) is 0.311. The lowest BCUT2D eigenvalue weighted by atomic mass is 10.1. The van der Waals surface area contributed by atoms with Gasteiger partial charge in [0.05, 0.1) is 21.5 Å². The van der Waals surface area contributed by atoms with Crippen LogP contribution in [0.1, 0.15) is 11.3 Å². The second kappa shape index (κ2) is 8.71. The van der Waals surface area contributed by atoms with Crippen LogP contribution >= 0.6 is 0 Å². The summed E-state index contributed by atoms with van der Waals surface area (Å²) in [6.45, 7) is 1.86. The molecule has 3 aromatic rings. The third kappa shape index (κ3) is 4.80. The first-order chi connectivity index (χ1) is 14.8. The number of nitrogens with one attached hydrogen (secondary N) is 1. The zero-order valence-electron chi connectivity index (χ0n) is 16.1. The Labute approximate surface area is 175 Å². The van der Waals surface area contributed by atoms with Crippen LogP contribution in [0.2, 0.25) is 0 Å². The molecule has 0 aliphatic rings. The Morgan fingerprint density at radius 2 is 1.87 bits per heavy atom. The van der Waals surface area contributed by atoms with E-state index in [1.165, 1.54) is 24.3 Å². The number of nitro groups is 2. The minimum absolute atomic E-state index is 0.0259. The van der Waals surface area contributed by atoms with E-state index in [2.05, 4.69) is 5.32 Å². The van der Waals surface area contributed by atoms with Crippen molar-refractivity contribution in [3.8, 4) is 17.4 Å². The summed E-state index contributed by atoms with van der Waals surface area (Å²) < 4.78 is 5.53. The molecule has 1 amide bonds. The van der Waals surface area contributed by atoms with Gasteiger partial charge in [-0.1, -0.05) is 12.1 Å². The first-order valence-corrected chi connectivity index (χ1v) is 8.81. The van der Waals surface area contributed by atoms with Crippen LogP contribution in [0.4, 0.5) is 17.1 Å². The minimum Gasteiger partial charge on any atom is -0.456 e. The summed E-state index contributed by atoms with van der Waals surface area (Å²) >= 11 is 0. The van der Waals surface area contributed by atoms with Crippen molar-refractivity contribution in [1.29, 1.82) is 5.26 Å². The van der Waals surface area contributed by atoms with Gasteiger partial charge in [-0.05, 0) is 42.8 Å². The van der Waals surface area contributed by atoms with Crippen molar-refractivity contribution in [2.45, 2.75) is 6.92 Å². The zero-order valence-corrected chi connectivity index (χ0v) is 16.1. The highest BCUT2D eigenvalue weighted by Gasteiger charge is 2.22. The van der Waals surface area contributed by atoms with Gasteiger partial charge in [0.1, 0.15) is 23.2 Å². The largest absolute Gasteiger partial charge is 0.456 e. The molecule has 0 fully saturated rings. The number of aryl methyl sites for hydroxylation is 1. The quantitative estimate of drug-likeness (QED) is 0.265. The second-order valence-corrected chi connectivity index (χ2v) is 6.41. The summed E-state index contributed by atoms with van der Waals surface area (Å²) in [6.07, 6.45) is 1.20. The maximum atomic E-state index is 12.4. The van der Waals surface area contributed by atoms with E-state index < -0.39 is 27.1 Å². The molecule has 1 aromatic heterocycles. The predicted molar refractivity (Wildman–Crippen MR) is 111 cm³/mol. The van der Waals surface area contributed by atoms with Crippen LogP contribution in [0.5, 0.6) is 0 Å². The average molecular weight is 418 g/mol. The molecule has 3 rings (SSSR count). The minimum atomic E-state index is -0.754. The third-order valence-corrected chi connectivity index (χ3v) is 4.21. The normalized spacial score (nSPS) is 10.9. The third-order valence-electron chi connectivity index (χ3n) is 4.21. The van der Waals surface area contributed by atoms with Crippen molar-refractivity contribution in [3.05, 3.63) is 91.7 Å². The molecule has 0 saturated carbocycles. The van der Waals surface area contributed by atoms with E-state index in [-0.39, 0.29) is 22.7 Å². The van der Waals surface area contributed by atoms with Crippen LogP contribution in [0, 0.1) is 38.5 Å². The molecule has 0 bridgehead atoms. The standard InChI is InChI=1S/C21H14N4O6/c1-13-3-2-4-15(9-13)23-21(26)14(12-22)10-17-6-8-20(31-17)18-7-5-16(24(27)28)11-19(18)25(29)30/h2-11H,1H3,(H,23,26)/b14-10-. The van der Waals surface area contributed by atoms with Crippen molar-refractivity contribution in [2.24, 2.45) is 0 Å². The van der Waals surface area contributed by atoms with E-state index in [1.54, 1.807) is 24.3 Å². The fourth-order valence-electron chi connectivity index (χ4n) is 2.78. The van der Waals surface area contributed by atoms with Gasteiger partial charge in [0.25, 0.3) is 17.3 Å². The van der Waals surface area contributed by atoms with Gasteiger partial charge in [-0.2, -0.15) is 5.26 Å². The number of hydrogen-bond acceptors (Lipinski definition) is 7. The lowest BCUT2D eigenvalue weighted by Gasteiger charge is -2.04. The maximum Gasteiger partial charge on any atom is 0.287 e. The first kappa shape index (κ1) is 20.9. The van der Waals surface area contributed by atoms with E-state index in [0.717, 1.165) is 17.7 Å². The number of furan rings is 1. The number of nitriles is 1. The van der Waals surface area contributed by atoms with E-state index >= 15 is 0 Å². The molecule has 0 aliphatic heterocycles. The predicted octanol–water partition coefficient (Wildman–Crippen LogP) is 4.62. The van der Waals surface area contributed by atoms with Gasteiger partial charge in [0, 0.05) is 17.8 Å². The molecule has 0 spiro atoms. The number of benzene rings is 2. The molecule has 154 valence electrons. The highest BCUT2D eigenvalue weighted by Crippen LogP contribution is 2.34. The van der Waals surface area contributed by atoms with Gasteiger partial charge in [-0.3, -0.25) is 25.0 Å². The molecule has 1 heterocycles. The summed E-state index contributed by atoms with van der Waals surface area (Å²) in [6, 6.07) is 14.8. The molecule has 0 unspecified atom stereocenters. The first-order valence-electron chi connectivity index (χ1n) is 8.81. The van der Waals surface area contributed by atoms with Crippen molar-refractivity contribution in [1.82, 2.24) is 0 Å². The number of nitro benzene ring substituents is 2. The molecule has 0 radical (unpaired) electrons. The lowest BCUT2D eigenvalue weighted by Crippen LogP contribution is -2.13. The Morgan fingerprint density at radius 1 is 1.10 bits per heavy atom. The molecule has 31 heavy (non-hydrogen) atoms. The maximum absolute atomic E-state index is 12.4. The Morgan fingerprint density at radius 3 is 2.52 bits per heavy atom. The molecule has 0 atom stereocenters. The molecule has 10 heteroatoms. The van der Waals surface area contributed by atoms with Gasteiger partial charge in [0.2, 0.25) is 0 Å². The fourth-order valence-corrected chi connectivity index (χ4v) is 2.78. The highest BCUT2D eigenvalue weighted by atomic mass is 16.6. The molecule has 0 saturated heterocycles. The van der Waals surface area contributed by atoms with Crippen molar-refractivity contribution in [3.63, 3.8) is 0 Å². The fraction of sp³-hybridized carbons (Fsp3) is 0.0476. The average Bonchev–Trinajstić information content (AvgIpc) is 3.19. The van der Waals surface area contributed by atoms with Crippen molar-refractivity contribution in [2.75, 3.05) is 5.32 Å². The monoisotopic (exact) mass is 418 g/mol. The van der Waals surface area contributed by atoms with Gasteiger partial charge in [-0.15, -0.1) is 0 Å². The van der Waals surface area contributed by atoms with Gasteiger partial charge in [0.15, 0.2) is 0 Å².